The third-order valence-corrected chi connectivity index (χ3v) is 1.30. The van der Waals surface area contributed by atoms with Gasteiger partial charge >= 0.3 is 0 Å². The highest BCUT2D eigenvalue weighted by molar-refractivity contribution is 5.85. The van der Waals surface area contributed by atoms with Crippen molar-refractivity contribution in [3.63, 3.8) is 0 Å². The van der Waals surface area contributed by atoms with Gasteiger partial charge in [-0.1, -0.05) is 6.92 Å². The number of alkyl halides is 1. The summed E-state index contributed by atoms with van der Waals surface area (Å²) in [5, 5.41) is 2.70. The zero-order chi connectivity index (χ0) is 5.28. The van der Waals surface area contributed by atoms with Crippen LogP contribution in [0.25, 0.3) is 0 Å². The Kier molecular flexibility index (Phi) is 3.33. The second kappa shape index (κ2) is 3.25. The first-order chi connectivity index (χ1) is 3.29. The lowest BCUT2D eigenvalue weighted by molar-refractivity contribution is 0.305. The standard InChI is InChI=1S/C5H10FN.ClH/c1-4-2-5(6)7-3-4;/h4-5,7H,2-3H2,1H3;1H. The Hall–Kier alpha value is 0.180. The molecule has 1 nitrogen and oxygen atoms in total. The van der Waals surface area contributed by atoms with Crippen molar-refractivity contribution in [3.8, 4) is 0 Å². The van der Waals surface area contributed by atoms with E-state index in [-0.39, 0.29) is 12.4 Å². The molecule has 2 unspecified atom stereocenters. The van der Waals surface area contributed by atoms with Crippen LogP contribution in [0, 0.1) is 5.92 Å². The van der Waals surface area contributed by atoms with E-state index in [1.807, 2.05) is 6.92 Å². The van der Waals surface area contributed by atoms with Gasteiger partial charge in [0.15, 0.2) is 6.30 Å². The first-order valence-electron chi connectivity index (χ1n) is 2.66. The lowest BCUT2D eigenvalue weighted by atomic mass is 10.2. The molecule has 2 atom stereocenters. The molecule has 0 aromatic rings. The summed E-state index contributed by atoms with van der Waals surface area (Å²) < 4.78 is 12.1. The molecule has 1 fully saturated rings. The summed E-state index contributed by atoms with van der Waals surface area (Å²) in [6, 6.07) is 0. The van der Waals surface area contributed by atoms with E-state index < -0.39 is 6.30 Å². The summed E-state index contributed by atoms with van der Waals surface area (Å²) in [5.74, 6) is 0.537. The van der Waals surface area contributed by atoms with Crippen molar-refractivity contribution in [3.05, 3.63) is 0 Å². The summed E-state index contributed by atoms with van der Waals surface area (Å²) in [4.78, 5) is 0. The highest BCUT2D eigenvalue weighted by Crippen LogP contribution is 2.12. The highest BCUT2D eigenvalue weighted by Gasteiger charge is 2.18. The van der Waals surface area contributed by atoms with Crippen LogP contribution in [0.15, 0.2) is 0 Å². The van der Waals surface area contributed by atoms with Gasteiger partial charge in [0.2, 0.25) is 0 Å². The van der Waals surface area contributed by atoms with Crippen molar-refractivity contribution < 1.29 is 4.39 Å². The Morgan fingerprint density at radius 1 is 1.62 bits per heavy atom. The molecular formula is C5H11ClFN. The minimum Gasteiger partial charge on any atom is -0.288 e. The minimum absolute atomic E-state index is 0. The quantitative estimate of drug-likeness (QED) is 0.500. The van der Waals surface area contributed by atoms with Crippen LogP contribution in [-0.4, -0.2) is 12.8 Å². The fourth-order valence-electron chi connectivity index (χ4n) is 0.849. The van der Waals surface area contributed by atoms with Crippen LogP contribution in [0.2, 0.25) is 0 Å². The topological polar surface area (TPSA) is 12.0 Å². The monoisotopic (exact) mass is 139 g/mol. The summed E-state index contributed by atoms with van der Waals surface area (Å²) in [6.07, 6.45) is -0.0324. The lowest BCUT2D eigenvalue weighted by Gasteiger charge is -1.91. The Bertz CT molecular complexity index is 61.4. The zero-order valence-corrected chi connectivity index (χ0v) is 5.67. The van der Waals surface area contributed by atoms with Crippen LogP contribution >= 0.6 is 12.4 Å². The molecule has 1 rings (SSSR count). The average molecular weight is 140 g/mol. The molecular weight excluding hydrogens is 129 g/mol. The molecule has 0 amide bonds. The Labute approximate surface area is 55.1 Å². The van der Waals surface area contributed by atoms with E-state index in [2.05, 4.69) is 5.32 Å². The minimum atomic E-state index is -0.727. The normalized spacial score (nSPS) is 36.8. The highest BCUT2D eigenvalue weighted by atomic mass is 35.5. The molecule has 1 aliphatic heterocycles. The lowest BCUT2D eigenvalue weighted by Crippen LogP contribution is -2.15. The van der Waals surface area contributed by atoms with Gasteiger partial charge in [-0.2, -0.15) is 0 Å². The number of rotatable bonds is 0. The van der Waals surface area contributed by atoms with Crippen molar-refractivity contribution in [1.29, 1.82) is 0 Å². The number of nitrogens with one attached hydrogen (secondary N) is 1. The molecule has 0 radical (unpaired) electrons. The predicted molar refractivity (Wildman–Crippen MR) is 33.9 cm³/mol. The molecule has 8 heavy (non-hydrogen) atoms. The van der Waals surface area contributed by atoms with Crippen LogP contribution in [-0.2, 0) is 0 Å². The Morgan fingerprint density at radius 2 is 2.25 bits per heavy atom. The van der Waals surface area contributed by atoms with E-state index in [0.29, 0.717) is 12.3 Å². The van der Waals surface area contributed by atoms with Crippen LogP contribution in [0.4, 0.5) is 4.39 Å². The predicted octanol–water partition coefficient (Wildman–Crippen LogP) is 1.33. The van der Waals surface area contributed by atoms with Gasteiger partial charge < -0.3 is 0 Å². The largest absolute Gasteiger partial charge is 0.288 e. The molecule has 50 valence electrons. The maximum atomic E-state index is 12.1. The van der Waals surface area contributed by atoms with Gasteiger partial charge in [0.25, 0.3) is 0 Å². The van der Waals surface area contributed by atoms with Gasteiger partial charge in [0.1, 0.15) is 0 Å². The molecule has 1 aliphatic rings. The van der Waals surface area contributed by atoms with E-state index >= 15 is 0 Å². The van der Waals surface area contributed by atoms with Crippen LogP contribution < -0.4 is 5.32 Å². The second-order valence-corrected chi connectivity index (χ2v) is 2.22. The van der Waals surface area contributed by atoms with E-state index in [1.165, 1.54) is 0 Å². The van der Waals surface area contributed by atoms with Gasteiger partial charge in [0, 0.05) is 6.54 Å². The second-order valence-electron chi connectivity index (χ2n) is 2.22. The summed E-state index contributed by atoms with van der Waals surface area (Å²) in [7, 11) is 0. The van der Waals surface area contributed by atoms with Gasteiger partial charge in [-0.05, 0) is 12.3 Å². The smallest absolute Gasteiger partial charge is 0.151 e. The fraction of sp³-hybridized carbons (Fsp3) is 1.00. The van der Waals surface area contributed by atoms with Crippen molar-refractivity contribution >= 4 is 12.4 Å². The van der Waals surface area contributed by atoms with Gasteiger partial charge in [0.05, 0.1) is 0 Å². The maximum Gasteiger partial charge on any atom is 0.151 e. The molecule has 0 saturated carbocycles. The molecule has 0 spiro atoms. The third kappa shape index (κ3) is 1.97. The molecule has 3 heteroatoms. The number of hydrogen-bond donors (Lipinski definition) is 1. The maximum absolute atomic E-state index is 12.1. The molecule has 0 aliphatic carbocycles. The summed E-state index contributed by atoms with van der Waals surface area (Å²) >= 11 is 0. The number of halogens is 2. The SMILES string of the molecule is CC1CNC(F)C1.Cl. The van der Waals surface area contributed by atoms with Crippen molar-refractivity contribution in [1.82, 2.24) is 5.32 Å². The molecule has 1 N–H and O–H groups in total. The number of hydrogen-bond acceptors (Lipinski definition) is 1. The zero-order valence-electron chi connectivity index (χ0n) is 4.86. The molecule has 1 saturated heterocycles. The van der Waals surface area contributed by atoms with Crippen molar-refractivity contribution in [2.24, 2.45) is 5.92 Å². The van der Waals surface area contributed by atoms with E-state index in [0.717, 1.165) is 6.54 Å². The average Bonchev–Trinajstić information content (AvgIpc) is 1.87. The van der Waals surface area contributed by atoms with E-state index in [4.69, 9.17) is 0 Å². The Morgan fingerprint density at radius 3 is 2.38 bits per heavy atom. The molecule has 1 heterocycles. The van der Waals surface area contributed by atoms with Crippen LogP contribution in [0.5, 0.6) is 0 Å². The Balaban J connectivity index is 0.000000490. The van der Waals surface area contributed by atoms with Gasteiger partial charge in [-0.25, -0.2) is 4.39 Å². The summed E-state index contributed by atoms with van der Waals surface area (Å²) in [6.45, 7) is 2.90. The molecule has 0 aromatic heterocycles. The van der Waals surface area contributed by atoms with Crippen LogP contribution in [0.1, 0.15) is 13.3 Å². The van der Waals surface area contributed by atoms with Gasteiger partial charge in [-0.15, -0.1) is 12.4 Å². The van der Waals surface area contributed by atoms with E-state index in [1.54, 1.807) is 0 Å². The van der Waals surface area contributed by atoms with Gasteiger partial charge in [-0.3, -0.25) is 5.32 Å². The first-order valence-corrected chi connectivity index (χ1v) is 2.66. The summed E-state index contributed by atoms with van der Waals surface area (Å²) in [5.41, 5.74) is 0. The first kappa shape index (κ1) is 8.18. The van der Waals surface area contributed by atoms with Crippen molar-refractivity contribution in [2.75, 3.05) is 6.54 Å². The molecule has 0 aromatic carbocycles. The van der Waals surface area contributed by atoms with Crippen LogP contribution in [0.3, 0.4) is 0 Å². The fourth-order valence-corrected chi connectivity index (χ4v) is 0.849. The van der Waals surface area contributed by atoms with Crippen molar-refractivity contribution in [2.45, 2.75) is 19.6 Å². The molecule has 0 bridgehead atoms. The van der Waals surface area contributed by atoms with E-state index in [9.17, 15) is 4.39 Å². The third-order valence-electron chi connectivity index (χ3n) is 1.30.